The number of benzene rings is 2. The van der Waals surface area contributed by atoms with E-state index in [9.17, 15) is 0 Å². The standard InChI is InChI=1S/C23H23NSi/c1-14-8-9-15-19(13-14)25(4,5)18-11-10-16-21(20(15)18)23(2,3)17-7-6-12-24-22(16)17/h6-13H,1-5H3. The van der Waals surface area contributed by atoms with E-state index in [2.05, 4.69) is 76.3 Å². The molecule has 0 fully saturated rings. The van der Waals surface area contributed by atoms with Crippen LogP contribution in [0.3, 0.4) is 0 Å². The minimum Gasteiger partial charge on any atom is -0.256 e. The number of aryl methyl sites for hydroxylation is 1. The number of pyridine rings is 1. The summed E-state index contributed by atoms with van der Waals surface area (Å²) in [4.78, 5) is 4.74. The lowest BCUT2D eigenvalue weighted by atomic mass is 9.79. The number of hydrogen-bond donors (Lipinski definition) is 0. The second kappa shape index (κ2) is 4.50. The van der Waals surface area contributed by atoms with Crippen LogP contribution in [0, 0.1) is 6.92 Å². The van der Waals surface area contributed by atoms with Crippen molar-refractivity contribution < 1.29 is 0 Å². The summed E-state index contributed by atoms with van der Waals surface area (Å²) in [6.07, 6.45) is 1.92. The van der Waals surface area contributed by atoms with E-state index >= 15 is 0 Å². The number of aromatic nitrogens is 1. The summed E-state index contributed by atoms with van der Waals surface area (Å²) in [6, 6.07) is 16.1. The molecule has 1 aliphatic heterocycles. The maximum absolute atomic E-state index is 4.74. The van der Waals surface area contributed by atoms with Crippen molar-refractivity contribution in [2.24, 2.45) is 0 Å². The molecule has 0 saturated heterocycles. The van der Waals surface area contributed by atoms with Crippen LogP contribution in [0.2, 0.25) is 13.1 Å². The summed E-state index contributed by atoms with van der Waals surface area (Å²) in [6.45, 7) is 11.9. The van der Waals surface area contributed by atoms with E-state index in [0.29, 0.717) is 0 Å². The molecule has 124 valence electrons. The molecule has 2 aromatic carbocycles. The molecule has 3 aromatic rings. The SMILES string of the molecule is Cc1ccc2c(c1)[Si](C)(C)c1ccc3c(c1-2)C(C)(C)c1cccnc1-3. The zero-order valence-corrected chi connectivity index (χ0v) is 16.6. The van der Waals surface area contributed by atoms with Crippen molar-refractivity contribution in [3.05, 3.63) is 65.4 Å². The number of rotatable bonds is 0. The maximum Gasteiger partial charge on any atom is 0.113 e. The molecule has 5 rings (SSSR count). The highest BCUT2D eigenvalue weighted by atomic mass is 28.3. The Morgan fingerprint density at radius 3 is 2.48 bits per heavy atom. The minimum absolute atomic E-state index is 0.00124. The van der Waals surface area contributed by atoms with Gasteiger partial charge in [0, 0.05) is 17.2 Å². The molecule has 1 aliphatic carbocycles. The lowest BCUT2D eigenvalue weighted by Crippen LogP contribution is -2.49. The van der Waals surface area contributed by atoms with Crippen LogP contribution in [0.25, 0.3) is 22.4 Å². The molecule has 0 spiro atoms. The quantitative estimate of drug-likeness (QED) is 0.549. The van der Waals surface area contributed by atoms with Crippen LogP contribution in [0.5, 0.6) is 0 Å². The van der Waals surface area contributed by atoms with Crippen LogP contribution in [-0.2, 0) is 5.41 Å². The van der Waals surface area contributed by atoms with Crippen molar-refractivity contribution in [2.45, 2.75) is 39.3 Å². The van der Waals surface area contributed by atoms with E-state index < -0.39 is 8.07 Å². The van der Waals surface area contributed by atoms with Crippen LogP contribution >= 0.6 is 0 Å². The van der Waals surface area contributed by atoms with Gasteiger partial charge in [0.1, 0.15) is 8.07 Å². The fraction of sp³-hybridized carbons (Fsp3) is 0.261. The number of fused-ring (bicyclic) bond motifs is 7. The van der Waals surface area contributed by atoms with Crippen molar-refractivity contribution in [2.75, 3.05) is 0 Å². The summed E-state index contributed by atoms with van der Waals surface area (Å²) >= 11 is 0. The first-order valence-electron chi connectivity index (χ1n) is 9.09. The van der Waals surface area contributed by atoms with Gasteiger partial charge in [-0.25, -0.2) is 0 Å². The third kappa shape index (κ3) is 1.71. The molecule has 1 aromatic heterocycles. The Hall–Kier alpha value is -2.19. The molecule has 0 radical (unpaired) electrons. The van der Waals surface area contributed by atoms with Gasteiger partial charge in [0.15, 0.2) is 0 Å². The monoisotopic (exact) mass is 341 g/mol. The van der Waals surface area contributed by atoms with Gasteiger partial charge in [-0.3, -0.25) is 4.98 Å². The Kier molecular flexibility index (Phi) is 2.72. The lowest BCUT2D eigenvalue weighted by molar-refractivity contribution is 0.661. The van der Waals surface area contributed by atoms with Gasteiger partial charge in [0.25, 0.3) is 0 Å². The molecule has 0 unspecified atom stereocenters. The number of hydrogen-bond acceptors (Lipinski definition) is 1. The molecule has 2 heterocycles. The van der Waals surface area contributed by atoms with Gasteiger partial charge in [0.05, 0.1) is 5.69 Å². The lowest BCUT2D eigenvalue weighted by Gasteiger charge is -2.25. The molecule has 0 N–H and O–H groups in total. The van der Waals surface area contributed by atoms with Crippen LogP contribution in [0.1, 0.15) is 30.5 Å². The molecule has 0 amide bonds. The molecular weight excluding hydrogens is 318 g/mol. The average Bonchev–Trinajstić information content (AvgIpc) is 2.95. The molecule has 0 saturated carbocycles. The van der Waals surface area contributed by atoms with E-state index in [-0.39, 0.29) is 5.41 Å². The zero-order valence-electron chi connectivity index (χ0n) is 15.6. The van der Waals surface area contributed by atoms with Crippen molar-refractivity contribution in [3.8, 4) is 22.4 Å². The summed E-state index contributed by atoms with van der Waals surface area (Å²) in [5, 5.41) is 3.18. The Bertz CT molecular complexity index is 1060. The smallest absolute Gasteiger partial charge is 0.113 e. The molecular formula is C23H23NSi. The van der Waals surface area contributed by atoms with E-state index in [0.717, 1.165) is 0 Å². The first-order chi connectivity index (χ1) is 11.8. The Labute approximate surface area is 150 Å². The molecule has 1 nitrogen and oxygen atoms in total. The Morgan fingerprint density at radius 2 is 1.68 bits per heavy atom. The largest absolute Gasteiger partial charge is 0.256 e. The highest BCUT2D eigenvalue weighted by molar-refractivity contribution is 7.03. The number of nitrogens with zero attached hydrogens (tertiary/aromatic N) is 1. The van der Waals surface area contributed by atoms with Crippen LogP contribution in [0.15, 0.2) is 48.7 Å². The molecule has 2 aliphatic rings. The summed E-state index contributed by atoms with van der Waals surface area (Å²) < 4.78 is 0. The topological polar surface area (TPSA) is 12.9 Å². The third-order valence-corrected chi connectivity index (χ3v) is 9.88. The average molecular weight is 342 g/mol. The van der Waals surface area contributed by atoms with E-state index in [1.165, 1.54) is 39.1 Å². The zero-order chi connectivity index (χ0) is 17.6. The van der Waals surface area contributed by atoms with E-state index in [1.807, 2.05) is 6.20 Å². The van der Waals surface area contributed by atoms with Gasteiger partial charge in [-0.15, -0.1) is 0 Å². The first-order valence-corrected chi connectivity index (χ1v) is 12.1. The van der Waals surface area contributed by atoms with Crippen LogP contribution in [-0.4, -0.2) is 13.1 Å². The van der Waals surface area contributed by atoms with E-state index in [4.69, 9.17) is 4.98 Å². The highest BCUT2D eigenvalue weighted by Gasteiger charge is 2.45. The van der Waals surface area contributed by atoms with Crippen molar-refractivity contribution >= 4 is 18.4 Å². The van der Waals surface area contributed by atoms with Gasteiger partial charge in [-0.2, -0.15) is 0 Å². The maximum atomic E-state index is 4.74. The Balaban J connectivity index is 1.93. The van der Waals surface area contributed by atoms with Crippen molar-refractivity contribution in [1.29, 1.82) is 0 Å². The fourth-order valence-electron chi connectivity index (χ4n) is 5.05. The molecule has 25 heavy (non-hydrogen) atoms. The molecule has 2 heteroatoms. The van der Waals surface area contributed by atoms with Gasteiger partial charge < -0.3 is 0 Å². The third-order valence-electron chi connectivity index (χ3n) is 6.36. The summed E-state index contributed by atoms with van der Waals surface area (Å²) in [5.74, 6) is 0. The van der Waals surface area contributed by atoms with Gasteiger partial charge in [0.2, 0.25) is 0 Å². The highest BCUT2D eigenvalue weighted by Crippen LogP contribution is 2.51. The van der Waals surface area contributed by atoms with E-state index in [1.54, 1.807) is 10.4 Å². The second-order valence-corrected chi connectivity index (χ2v) is 12.9. The normalized spacial score (nSPS) is 17.6. The van der Waals surface area contributed by atoms with Crippen molar-refractivity contribution in [3.63, 3.8) is 0 Å². The molecule has 0 atom stereocenters. The predicted octanol–water partition coefficient (Wildman–Crippen LogP) is 4.50. The predicted molar refractivity (Wildman–Crippen MR) is 109 cm³/mol. The second-order valence-electron chi connectivity index (χ2n) is 8.61. The van der Waals surface area contributed by atoms with Crippen LogP contribution in [0.4, 0.5) is 0 Å². The molecule has 0 bridgehead atoms. The Morgan fingerprint density at radius 1 is 0.920 bits per heavy atom. The first kappa shape index (κ1) is 15.1. The fourth-order valence-corrected chi connectivity index (χ4v) is 8.19. The van der Waals surface area contributed by atoms with Crippen LogP contribution < -0.4 is 10.4 Å². The summed E-state index contributed by atoms with van der Waals surface area (Å²) in [5.41, 5.74) is 9.69. The minimum atomic E-state index is -1.64. The van der Waals surface area contributed by atoms with Gasteiger partial charge in [-0.1, -0.05) is 68.9 Å². The van der Waals surface area contributed by atoms with Gasteiger partial charge in [-0.05, 0) is 45.6 Å². The summed E-state index contributed by atoms with van der Waals surface area (Å²) in [7, 11) is -1.64. The van der Waals surface area contributed by atoms with Gasteiger partial charge >= 0.3 is 0 Å². The van der Waals surface area contributed by atoms with Crippen molar-refractivity contribution in [1.82, 2.24) is 4.98 Å².